The van der Waals surface area contributed by atoms with Crippen LogP contribution in [0.25, 0.3) is 0 Å². The summed E-state index contributed by atoms with van der Waals surface area (Å²) < 4.78 is 33.6. The molecule has 11 rings (SSSR count). The van der Waals surface area contributed by atoms with Gasteiger partial charge in [-0.2, -0.15) is 0 Å². The number of piperidine rings is 1. The van der Waals surface area contributed by atoms with Crippen LogP contribution >= 0.6 is 0 Å². The minimum atomic E-state index is -1.14. The Morgan fingerprint density at radius 3 is 2.13 bits per heavy atom. The predicted octanol–water partition coefficient (Wildman–Crippen LogP) is 4.59. The number of amides is 9. The second-order valence-corrected chi connectivity index (χ2v) is 25.8. The van der Waals surface area contributed by atoms with Crippen LogP contribution in [0, 0.1) is 29.1 Å². The standard InChI is InChI=1S/C69H87N9O16/c1-5-24-69-25-23-52-49-19-15-45-39-47(79)18-20-48(45)59(49)51(40-68(52,69)43-94-69)44-13-16-46(17-14-44)73(2)28-7-12-58(81)76-31-29-75(67(88)90-4)42-56(76)64(85)77-32-30-74(66(87)89-3)41-55(77)61(82)71-27-9-34-92-36-38-93-37-35-91-33-8-26-70-53-11-6-10-50-60(53)65(86)78(63(50)84)54-21-22-57(80)72-62(54)83/h6,10-11,13-14,16-17,39,49,51-52,54-56,70H,7-9,12,15,18-23,25-38,40-43H2,1-4H3,(H,71,82)(H,72,80,83)/t49-,51+,52-,54?,55?,56?,68+,69-/m0/s1. The number of methoxy groups -OCH3 is 2. The van der Waals surface area contributed by atoms with E-state index in [-0.39, 0.29) is 112 Å². The van der Waals surface area contributed by atoms with Gasteiger partial charge >= 0.3 is 12.2 Å². The van der Waals surface area contributed by atoms with Crippen LogP contribution < -0.4 is 20.9 Å². The zero-order chi connectivity index (χ0) is 66.3. The molecule has 4 aliphatic carbocycles. The molecule has 2 aromatic rings. The van der Waals surface area contributed by atoms with Gasteiger partial charge in [-0.1, -0.05) is 29.7 Å². The van der Waals surface area contributed by atoms with Crippen molar-refractivity contribution in [1.82, 2.24) is 35.1 Å². The second-order valence-electron chi connectivity index (χ2n) is 25.8. The maximum Gasteiger partial charge on any atom is 0.409 e. The third-order valence-electron chi connectivity index (χ3n) is 20.7. The summed E-state index contributed by atoms with van der Waals surface area (Å²) >= 11 is 0. The summed E-state index contributed by atoms with van der Waals surface area (Å²) in [7, 11) is 4.49. The largest absolute Gasteiger partial charge is 0.453 e. The minimum Gasteiger partial charge on any atom is -0.453 e. The highest BCUT2D eigenvalue weighted by atomic mass is 16.6. The lowest BCUT2D eigenvalue weighted by molar-refractivity contribution is -0.245. The van der Waals surface area contributed by atoms with Crippen molar-refractivity contribution in [3.05, 3.63) is 82.0 Å². The van der Waals surface area contributed by atoms with Gasteiger partial charge in [0.25, 0.3) is 11.8 Å². The van der Waals surface area contributed by atoms with Crippen LogP contribution in [0.3, 0.4) is 0 Å². The molecule has 8 atom stereocenters. The average Bonchev–Trinajstić information content (AvgIpc) is 1.43. The van der Waals surface area contributed by atoms with E-state index in [0.29, 0.717) is 82.7 Å². The molecule has 4 saturated heterocycles. The first kappa shape index (κ1) is 67.2. The number of imide groups is 2. The van der Waals surface area contributed by atoms with E-state index in [1.807, 2.05) is 20.0 Å². The normalized spacial score (nSPS) is 26.1. The number of nitrogens with one attached hydrogen (secondary N) is 3. The van der Waals surface area contributed by atoms with Gasteiger partial charge in [0.2, 0.25) is 29.5 Å². The van der Waals surface area contributed by atoms with Crippen molar-refractivity contribution in [3.63, 3.8) is 0 Å². The van der Waals surface area contributed by atoms with Gasteiger partial charge in [0.05, 0.1) is 71.5 Å². The summed E-state index contributed by atoms with van der Waals surface area (Å²) in [6.45, 7) is 5.66. The summed E-state index contributed by atoms with van der Waals surface area (Å²) in [6.07, 6.45) is 8.66. The van der Waals surface area contributed by atoms with Gasteiger partial charge in [0, 0.05) is 108 Å². The number of carbonyl (C=O) groups excluding carboxylic acids is 10. The molecular weight excluding hydrogens is 1210 g/mol. The SMILES string of the molecule is CC#C[C@]12CC[C@H]3[C@@H]4CCC5=CC(=O)CCC5=C4[C@@H](c4ccc(N(C)CCCC(=O)N5CCN(C(=O)OC)CC5C(=O)N5CCN(C(=O)OC)CC5C(=O)NCCCOCCOCCOCCCNc5cccc6c5C(=O)N(C5CCC(=O)NC5=O)C6=O)cc4)C[C@@]31CO2. The number of anilines is 2. The van der Waals surface area contributed by atoms with E-state index >= 15 is 0 Å². The minimum absolute atomic E-state index is 0.00241. The predicted molar refractivity (Wildman–Crippen MR) is 341 cm³/mol. The van der Waals surface area contributed by atoms with Crippen LogP contribution in [0.4, 0.5) is 21.0 Å². The number of ketones is 1. The Morgan fingerprint density at radius 1 is 0.755 bits per heavy atom. The molecule has 0 bridgehead atoms. The van der Waals surface area contributed by atoms with Crippen LogP contribution in [0.1, 0.15) is 123 Å². The fourth-order valence-corrected chi connectivity index (χ4v) is 16.0. The van der Waals surface area contributed by atoms with E-state index in [4.69, 9.17) is 28.4 Å². The van der Waals surface area contributed by atoms with E-state index in [1.54, 1.807) is 18.2 Å². The molecule has 9 aliphatic rings. The first-order chi connectivity index (χ1) is 45.5. The van der Waals surface area contributed by atoms with E-state index in [9.17, 15) is 47.9 Å². The molecule has 3 unspecified atom stereocenters. The van der Waals surface area contributed by atoms with Gasteiger partial charge in [-0.3, -0.25) is 48.6 Å². The summed E-state index contributed by atoms with van der Waals surface area (Å²) in [5, 5.41) is 8.29. The van der Waals surface area contributed by atoms with E-state index in [2.05, 4.69) is 57.0 Å². The summed E-state index contributed by atoms with van der Waals surface area (Å²) in [4.78, 5) is 141. The second kappa shape index (κ2) is 29.6. The van der Waals surface area contributed by atoms with Crippen molar-refractivity contribution in [2.24, 2.45) is 17.3 Å². The fourth-order valence-electron chi connectivity index (χ4n) is 16.0. The monoisotopic (exact) mass is 1300 g/mol. The highest BCUT2D eigenvalue weighted by Gasteiger charge is 2.71. The number of nitrogens with zero attached hydrogens (tertiary/aromatic N) is 6. The van der Waals surface area contributed by atoms with Gasteiger partial charge < -0.3 is 63.6 Å². The molecule has 9 amide bonds. The number of rotatable bonds is 24. The number of allylic oxidation sites excluding steroid dienone is 4. The van der Waals surface area contributed by atoms with Gasteiger partial charge in [-0.05, 0) is 130 Å². The van der Waals surface area contributed by atoms with Gasteiger partial charge in [-0.25, -0.2) is 9.59 Å². The highest BCUT2D eigenvalue weighted by molar-refractivity contribution is 6.25. The first-order valence-corrected chi connectivity index (χ1v) is 33.2. The number of hydrogen-bond acceptors (Lipinski definition) is 18. The first-order valence-electron chi connectivity index (χ1n) is 33.2. The van der Waals surface area contributed by atoms with Crippen LogP contribution in [-0.4, -0.2) is 234 Å². The lowest BCUT2D eigenvalue weighted by atomic mass is 9.49. The topological polar surface area (TPSA) is 282 Å². The Labute approximate surface area is 547 Å². The zero-order valence-electron chi connectivity index (χ0n) is 54.3. The van der Waals surface area contributed by atoms with Crippen LogP contribution in [0.15, 0.2) is 65.3 Å². The molecule has 6 fully saturated rings. The lowest BCUT2D eigenvalue weighted by Gasteiger charge is -2.61. The van der Waals surface area contributed by atoms with Gasteiger partial charge in [-0.15, -0.1) is 5.92 Å². The van der Waals surface area contributed by atoms with Crippen LogP contribution in [0.2, 0.25) is 0 Å². The van der Waals surface area contributed by atoms with Crippen molar-refractivity contribution < 1.29 is 76.4 Å². The maximum absolute atomic E-state index is 14.9. The van der Waals surface area contributed by atoms with Crippen molar-refractivity contribution in [2.45, 2.75) is 120 Å². The Kier molecular flexibility index (Phi) is 21.2. The molecule has 25 heteroatoms. The van der Waals surface area contributed by atoms with E-state index in [1.165, 1.54) is 56.1 Å². The molecule has 94 heavy (non-hydrogen) atoms. The third kappa shape index (κ3) is 13.6. The molecule has 25 nitrogen and oxygen atoms in total. The van der Waals surface area contributed by atoms with Crippen LogP contribution in [-0.2, 0) is 57.2 Å². The number of benzene rings is 2. The van der Waals surface area contributed by atoms with Gasteiger partial charge in [0.1, 0.15) is 23.7 Å². The van der Waals surface area contributed by atoms with E-state index in [0.717, 1.165) is 55.7 Å². The molecule has 2 saturated carbocycles. The Morgan fingerprint density at radius 2 is 1.45 bits per heavy atom. The Hall–Kier alpha value is -8.18. The smallest absolute Gasteiger partial charge is 0.409 e. The molecular formula is C69H87N9O16. The zero-order valence-corrected chi connectivity index (χ0v) is 54.3. The molecule has 2 aromatic carbocycles. The Bertz CT molecular complexity index is 3420. The van der Waals surface area contributed by atoms with Crippen molar-refractivity contribution in [2.75, 3.05) is 137 Å². The summed E-state index contributed by atoms with van der Waals surface area (Å²) in [5.41, 5.74) is 6.86. The lowest BCUT2D eigenvalue weighted by Crippen LogP contribution is -2.67. The molecule has 504 valence electrons. The van der Waals surface area contributed by atoms with Crippen molar-refractivity contribution in [3.8, 4) is 11.8 Å². The number of ether oxygens (including phenoxy) is 6. The molecule has 5 aliphatic heterocycles. The van der Waals surface area contributed by atoms with Gasteiger partial charge in [0.15, 0.2) is 5.78 Å². The molecule has 5 heterocycles. The molecule has 1 spiro atoms. The fraction of sp³-hybridized carbons (Fsp3) is 0.594. The highest BCUT2D eigenvalue weighted by Crippen LogP contribution is 2.71. The maximum atomic E-state index is 14.9. The number of hydrogen-bond donors (Lipinski definition) is 3. The Balaban J connectivity index is 0.622. The number of fused-ring (bicyclic) bond motifs is 4. The van der Waals surface area contributed by atoms with E-state index < -0.39 is 71.4 Å². The molecule has 3 N–H and O–H groups in total. The average molecular weight is 1300 g/mol. The quantitative estimate of drug-likeness (QED) is 0.0736. The number of carbonyl (C=O) groups is 10. The third-order valence-corrected chi connectivity index (χ3v) is 20.7. The number of piperazine rings is 2. The summed E-state index contributed by atoms with van der Waals surface area (Å²) in [6, 6.07) is 10.4. The van der Waals surface area contributed by atoms with Crippen LogP contribution in [0.5, 0.6) is 0 Å². The molecule has 0 aromatic heterocycles. The van der Waals surface area contributed by atoms with Crippen molar-refractivity contribution >= 4 is 70.7 Å². The summed E-state index contributed by atoms with van der Waals surface area (Å²) in [5.74, 6) is 4.55. The molecule has 0 radical (unpaired) electrons. The van der Waals surface area contributed by atoms with Crippen molar-refractivity contribution in [1.29, 1.82) is 0 Å².